The number of rotatable bonds is 8. The Balaban J connectivity index is 0.00000320. The Kier molecular flexibility index (Phi) is 9.34. The summed E-state index contributed by atoms with van der Waals surface area (Å²) >= 11 is 0. The molecule has 37 heavy (non-hydrogen) atoms. The number of nitrogens with zero attached hydrogens (tertiary/aromatic N) is 4. The van der Waals surface area contributed by atoms with E-state index in [2.05, 4.69) is 55.5 Å². The average molecular weight is 535 g/mol. The molecule has 0 spiro atoms. The van der Waals surface area contributed by atoms with Crippen LogP contribution in [0, 0.1) is 0 Å². The van der Waals surface area contributed by atoms with Crippen LogP contribution >= 0.6 is 12.4 Å². The maximum absolute atomic E-state index is 12.8. The van der Waals surface area contributed by atoms with E-state index in [1.54, 1.807) is 13.1 Å². The van der Waals surface area contributed by atoms with E-state index < -0.39 is 12.5 Å². The quantitative estimate of drug-likeness (QED) is 0.383. The van der Waals surface area contributed by atoms with Gasteiger partial charge in [0.25, 0.3) is 0 Å². The molecule has 3 aromatic rings. The number of alkyl halides is 2. The Hall–Kier alpha value is -2.33. The second-order valence-electron chi connectivity index (χ2n) is 10.2. The molecule has 1 saturated carbocycles. The van der Waals surface area contributed by atoms with E-state index in [4.69, 9.17) is 4.98 Å². The molecule has 3 heterocycles. The summed E-state index contributed by atoms with van der Waals surface area (Å²) in [6.07, 6.45) is 4.36. The normalized spacial score (nSPS) is 21.6. The van der Waals surface area contributed by atoms with E-state index in [0.717, 1.165) is 80.6 Å². The summed E-state index contributed by atoms with van der Waals surface area (Å²) in [5.41, 5.74) is 4.27. The van der Waals surface area contributed by atoms with Crippen molar-refractivity contribution < 1.29 is 13.9 Å². The van der Waals surface area contributed by atoms with Gasteiger partial charge >= 0.3 is 0 Å². The van der Waals surface area contributed by atoms with Crippen molar-refractivity contribution in [2.45, 2.75) is 70.2 Å². The van der Waals surface area contributed by atoms with E-state index in [1.807, 2.05) is 0 Å². The van der Waals surface area contributed by atoms with Crippen LogP contribution in [0.3, 0.4) is 0 Å². The van der Waals surface area contributed by atoms with Gasteiger partial charge in [-0.05, 0) is 43.7 Å². The lowest BCUT2D eigenvalue weighted by atomic mass is 9.93. The summed E-state index contributed by atoms with van der Waals surface area (Å²) in [4.78, 5) is 11.7. The highest BCUT2D eigenvalue weighted by Gasteiger charge is 2.24. The maximum atomic E-state index is 12.8. The van der Waals surface area contributed by atoms with Crippen molar-refractivity contribution in [1.82, 2.24) is 24.8 Å². The molecule has 1 atom stereocenters. The van der Waals surface area contributed by atoms with E-state index in [-0.39, 0.29) is 31.0 Å². The molecule has 0 amide bonds. The van der Waals surface area contributed by atoms with E-state index in [0.29, 0.717) is 5.95 Å². The number of aromatic nitrogens is 3. The van der Waals surface area contributed by atoms with Crippen LogP contribution in [0.25, 0.3) is 22.2 Å². The van der Waals surface area contributed by atoms with Crippen molar-refractivity contribution in [3.63, 3.8) is 0 Å². The molecule has 5 rings (SSSR count). The van der Waals surface area contributed by atoms with Gasteiger partial charge in [-0.25, -0.2) is 13.8 Å². The van der Waals surface area contributed by atoms with Gasteiger partial charge in [-0.2, -0.15) is 4.98 Å². The topological polar surface area (TPSA) is 78.2 Å². The smallest absolute Gasteiger partial charge is 0.240 e. The number of piperazine rings is 1. The van der Waals surface area contributed by atoms with Crippen LogP contribution in [0.4, 0.5) is 14.7 Å². The summed E-state index contributed by atoms with van der Waals surface area (Å²) in [5, 5.41) is 17.4. The first-order valence-electron chi connectivity index (χ1n) is 13.1. The van der Waals surface area contributed by atoms with Gasteiger partial charge in [0.05, 0.1) is 6.10 Å². The number of fused-ring (bicyclic) bond motifs is 1. The minimum atomic E-state index is -2.38. The first kappa shape index (κ1) is 27.7. The molecule has 202 valence electrons. The highest BCUT2D eigenvalue weighted by Crippen LogP contribution is 2.37. The number of aliphatic hydroxyl groups is 1. The van der Waals surface area contributed by atoms with Crippen LogP contribution in [0.15, 0.2) is 36.7 Å². The molecule has 10 heteroatoms. The van der Waals surface area contributed by atoms with Crippen LogP contribution < -0.4 is 10.6 Å². The molecule has 0 radical (unpaired) electrons. The van der Waals surface area contributed by atoms with Crippen LogP contribution in [0.1, 0.15) is 50.6 Å². The van der Waals surface area contributed by atoms with Crippen LogP contribution in [0.5, 0.6) is 0 Å². The van der Waals surface area contributed by atoms with Crippen LogP contribution in [-0.4, -0.2) is 69.3 Å². The molecule has 0 unspecified atom stereocenters. The molecule has 2 aliphatic rings. The molecular formula is C27H37ClF2N6O. The molecule has 3 N–H and O–H groups in total. The maximum Gasteiger partial charge on any atom is 0.240 e. The minimum absolute atomic E-state index is 0. The van der Waals surface area contributed by atoms with Gasteiger partial charge in [0.1, 0.15) is 5.65 Å². The number of hydrogen-bond donors (Lipinski definition) is 3. The Bertz CT molecular complexity index is 1140. The fourth-order valence-corrected chi connectivity index (χ4v) is 5.41. The fourth-order valence-electron chi connectivity index (χ4n) is 5.41. The summed E-state index contributed by atoms with van der Waals surface area (Å²) in [6.45, 7) is 6.86. The Morgan fingerprint density at radius 1 is 1.11 bits per heavy atom. The summed E-state index contributed by atoms with van der Waals surface area (Å²) < 4.78 is 27.8. The fraction of sp³-hybridized carbons (Fsp3) is 0.556. The number of aliphatic hydroxyl groups excluding tert-OH is 1. The Morgan fingerprint density at radius 3 is 2.49 bits per heavy atom. The molecule has 1 saturated heterocycles. The molecule has 1 aliphatic heterocycles. The average Bonchev–Trinajstić information content (AvgIpc) is 3.24. The lowest BCUT2D eigenvalue weighted by Gasteiger charge is -2.27. The second kappa shape index (κ2) is 12.5. The summed E-state index contributed by atoms with van der Waals surface area (Å²) in [6, 6.07) is 8.52. The monoisotopic (exact) mass is 534 g/mol. The summed E-state index contributed by atoms with van der Waals surface area (Å²) in [7, 11) is 0. The van der Waals surface area contributed by atoms with Crippen LogP contribution in [-0.2, 0) is 6.54 Å². The number of halogens is 3. The standard InChI is InChI=1S/C27H36F2N6O.ClH/c1-18(14-25(28)29)32-27-31-15-23-24(17-35(26(23)33-27)21-6-8-22(36)9-7-21)20-4-2-19(3-5-20)16-34-12-10-30-11-13-34;/h2-5,15,17-18,21-22,25,30,36H,6-14,16H2,1H3,(H,31,32,33);1H/t18-,21?,22?;/m0./s1. The number of anilines is 1. The number of hydrogen-bond acceptors (Lipinski definition) is 6. The molecule has 2 aromatic heterocycles. The van der Waals surface area contributed by atoms with E-state index in [9.17, 15) is 13.9 Å². The zero-order valence-corrected chi connectivity index (χ0v) is 22.1. The second-order valence-corrected chi connectivity index (χ2v) is 10.2. The molecule has 1 aliphatic carbocycles. The van der Waals surface area contributed by atoms with Crippen molar-refractivity contribution in [3.8, 4) is 11.1 Å². The van der Waals surface area contributed by atoms with Gasteiger partial charge in [-0.15, -0.1) is 12.4 Å². The lowest BCUT2D eigenvalue weighted by Crippen LogP contribution is -2.42. The van der Waals surface area contributed by atoms with Crippen molar-refractivity contribution in [2.24, 2.45) is 0 Å². The first-order valence-corrected chi connectivity index (χ1v) is 13.1. The molecule has 7 nitrogen and oxygen atoms in total. The minimum Gasteiger partial charge on any atom is -0.393 e. The Labute approximate surface area is 223 Å². The predicted octanol–water partition coefficient (Wildman–Crippen LogP) is 4.86. The van der Waals surface area contributed by atoms with E-state index >= 15 is 0 Å². The van der Waals surface area contributed by atoms with Gasteiger partial charge in [0, 0.05) is 74.6 Å². The number of benzene rings is 1. The third-order valence-electron chi connectivity index (χ3n) is 7.42. The zero-order valence-electron chi connectivity index (χ0n) is 21.2. The third kappa shape index (κ3) is 6.76. The van der Waals surface area contributed by atoms with Crippen molar-refractivity contribution in [1.29, 1.82) is 0 Å². The zero-order chi connectivity index (χ0) is 25.1. The molecule has 0 bridgehead atoms. The van der Waals surface area contributed by atoms with Gasteiger partial charge < -0.3 is 20.3 Å². The first-order chi connectivity index (χ1) is 17.5. The SMILES string of the molecule is C[C@@H](CC(F)F)Nc1ncc2c(-c3ccc(CN4CCNCC4)cc3)cn(C3CCC(O)CC3)c2n1.Cl. The highest BCUT2D eigenvalue weighted by atomic mass is 35.5. The molecule has 2 fully saturated rings. The van der Waals surface area contributed by atoms with Crippen molar-refractivity contribution in [3.05, 3.63) is 42.2 Å². The largest absolute Gasteiger partial charge is 0.393 e. The van der Waals surface area contributed by atoms with Gasteiger partial charge in [-0.3, -0.25) is 4.90 Å². The van der Waals surface area contributed by atoms with Crippen molar-refractivity contribution >= 4 is 29.4 Å². The van der Waals surface area contributed by atoms with Gasteiger partial charge in [0.2, 0.25) is 12.4 Å². The molecular weight excluding hydrogens is 498 g/mol. The predicted molar refractivity (Wildman–Crippen MR) is 146 cm³/mol. The molecule has 1 aromatic carbocycles. The van der Waals surface area contributed by atoms with Crippen LogP contribution in [0.2, 0.25) is 0 Å². The van der Waals surface area contributed by atoms with Crippen molar-refractivity contribution in [2.75, 3.05) is 31.5 Å². The number of nitrogens with one attached hydrogen (secondary N) is 2. The Morgan fingerprint density at radius 2 is 1.81 bits per heavy atom. The summed E-state index contributed by atoms with van der Waals surface area (Å²) in [5.74, 6) is 0.365. The lowest BCUT2D eigenvalue weighted by molar-refractivity contribution is 0.111. The van der Waals surface area contributed by atoms with Gasteiger partial charge in [-0.1, -0.05) is 24.3 Å². The van der Waals surface area contributed by atoms with Gasteiger partial charge in [0.15, 0.2) is 0 Å². The van der Waals surface area contributed by atoms with E-state index in [1.165, 1.54) is 5.56 Å². The third-order valence-corrected chi connectivity index (χ3v) is 7.42. The highest BCUT2D eigenvalue weighted by molar-refractivity contribution is 5.94.